The normalized spacial score (nSPS) is 12.0. The Balaban J connectivity index is 2.11. The molecule has 1 heterocycles. The van der Waals surface area contributed by atoms with Crippen molar-refractivity contribution in [3.05, 3.63) is 59.4 Å². The highest BCUT2D eigenvalue weighted by Gasteiger charge is 2.24. The third-order valence-corrected chi connectivity index (χ3v) is 5.09. The van der Waals surface area contributed by atoms with Crippen molar-refractivity contribution in [3.63, 3.8) is 0 Å². The van der Waals surface area contributed by atoms with Crippen molar-refractivity contribution in [3.8, 4) is 17.1 Å². The summed E-state index contributed by atoms with van der Waals surface area (Å²) in [4.78, 5) is 12.0. The largest absolute Gasteiger partial charge is 0.465 e. The number of esters is 1. The number of ether oxygens (including phenoxy) is 1. The molecular formula is C19H17ClFN3O2S. The van der Waals surface area contributed by atoms with E-state index in [-0.39, 0.29) is 18.3 Å². The molecule has 2 aromatic carbocycles. The zero-order valence-corrected chi connectivity index (χ0v) is 16.3. The SMILES string of the molecule is CCOC(=O)[C@H](C)Sc1nnc(-c2ccccc2Cl)n1-c1ccccc1F. The fraction of sp³-hybridized carbons (Fsp3) is 0.211. The molecule has 0 aliphatic heterocycles. The molecule has 1 atom stereocenters. The van der Waals surface area contributed by atoms with E-state index in [0.717, 1.165) is 11.8 Å². The smallest absolute Gasteiger partial charge is 0.319 e. The number of para-hydroxylation sites is 1. The molecule has 27 heavy (non-hydrogen) atoms. The average Bonchev–Trinajstić information content (AvgIpc) is 3.05. The molecule has 0 saturated carbocycles. The van der Waals surface area contributed by atoms with Gasteiger partial charge < -0.3 is 4.74 Å². The second-order valence-corrected chi connectivity index (χ2v) is 7.30. The maximum atomic E-state index is 14.5. The van der Waals surface area contributed by atoms with E-state index >= 15 is 0 Å². The van der Waals surface area contributed by atoms with Crippen molar-refractivity contribution in [2.75, 3.05) is 6.61 Å². The van der Waals surface area contributed by atoms with Gasteiger partial charge in [-0.25, -0.2) is 4.39 Å². The highest BCUT2D eigenvalue weighted by atomic mass is 35.5. The summed E-state index contributed by atoms with van der Waals surface area (Å²) in [6.45, 7) is 3.74. The number of halogens is 2. The van der Waals surface area contributed by atoms with Crippen molar-refractivity contribution < 1.29 is 13.9 Å². The third kappa shape index (κ3) is 4.14. The van der Waals surface area contributed by atoms with E-state index in [0.29, 0.717) is 21.6 Å². The van der Waals surface area contributed by atoms with Crippen LogP contribution in [0.1, 0.15) is 13.8 Å². The van der Waals surface area contributed by atoms with Gasteiger partial charge in [0.25, 0.3) is 0 Å². The Morgan fingerprint density at radius 1 is 1.22 bits per heavy atom. The summed E-state index contributed by atoms with van der Waals surface area (Å²) in [6, 6.07) is 13.4. The molecule has 0 N–H and O–H groups in total. The van der Waals surface area contributed by atoms with Gasteiger partial charge >= 0.3 is 5.97 Å². The van der Waals surface area contributed by atoms with Gasteiger partial charge in [-0.1, -0.05) is 47.6 Å². The molecule has 3 aromatic rings. The van der Waals surface area contributed by atoms with Gasteiger partial charge in [0.1, 0.15) is 11.1 Å². The molecule has 5 nitrogen and oxygen atoms in total. The summed E-state index contributed by atoms with van der Waals surface area (Å²) < 4.78 is 21.1. The van der Waals surface area contributed by atoms with E-state index < -0.39 is 11.1 Å². The molecule has 0 aliphatic carbocycles. The summed E-state index contributed by atoms with van der Waals surface area (Å²) in [6.07, 6.45) is 0. The van der Waals surface area contributed by atoms with Gasteiger partial charge in [0.15, 0.2) is 11.0 Å². The summed E-state index contributed by atoms with van der Waals surface area (Å²) in [7, 11) is 0. The maximum Gasteiger partial charge on any atom is 0.319 e. The fourth-order valence-corrected chi connectivity index (χ4v) is 3.56. The Bertz CT molecular complexity index is 964. The predicted octanol–water partition coefficient (Wildman–Crippen LogP) is 4.77. The molecule has 0 fully saturated rings. The molecule has 8 heteroatoms. The summed E-state index contributed by atoms with van der Waals surface area (Å²) in [5.74, 6) is -0.412. The second-order valence-electron chi connectivity index (χ2n) is 5.58. The first-order chi connectivity index (χ1) is 13.0. The van der Waals surface area contributed by atoms with Gasteiger partial charge in [-0.15, -0.1) is 10.2 Å². The Kier molecular flexibility index (Phi) is 6.13. The number of thioether (sulfide) groups is 1. The molecule has 0 spiro atoms. The molecular weight excluding hydrogens is 389 g/mol. The summed E-state index contributed by atoms with van der Waals surface area (Å²) >= 11 is 7.46. The molecule has 140 valence electrons. The van der Waals surface area contributed by atoms with E-state index in [9.17, 15) is 9.18 Å². The Labute approximate surface area is 165 Å². The number of carbonyl (C=O) groups is 1. The number of carbonyl (C=O) groups excluding carboxylic acids is 1. The number of benzene rings is 2. The van der Waals surface area contributed by atoms with Crippen LogP contribution in [0.3, 0.4) is 0 Å². The first kappa shape index (κ1) is 19.4. The van der Waals surface area contributed by atoms with Crippen LogP contribution in [0, 0.1) is 5.82 Å². The number of aromatic nitrogens is 3. The van der Waals surface area contributed by atoms with Crippen LogP contribution < -0.4 is 0 Å². The summed E-state index contributed by atoms with van der Waals surface area (Å²) in [5.41, 5.74) is 0.890. The minimum atomic E-state index is -0.529. The topological polar surface area (TPSA) is 57.0 Å². The van der Waals surface area contributed by atoms with Crippen LogP contribution in [0.5, 0.6) is 0 Å². The van der Waals surface area contributed by atoms with E-state index in [2.05, 4.69) is 10.2 Å². The third-order valence-electron chi connectivity index (χ3n) is 3.74. The number of nitrogens with zero attached hydrogens (tertiary/aromatic N) is 3. The van der Waals surface area contributed by atoms with Crippen LogP contribution in [0.4, 0.5) is 4.39 Å². The highest BCUT2D eigenvalue weighted by molar-refractivity contribution is 8.00. The lowest BCUT2D eigenvalue weighted by Gasteiger charge is -2.14. The standard InChI is InChI=1S/C19H17ClFN3O2S/c1-3-26-18(25)12(2)27-19-23-22-17(13-8-4-5-9-14(13)20)24(19)16-11-7-6-10-15(16)21/h4-12H,3H2,1-2H3/t12-/m0/s1. The summed E-state index contributed by atoms with van der Waals surface area (Å²) in [5, 5.41) is 8.70. The van der Waals surface area contributed by atoms with Crippen LogP contribution in [0.2, 0.25) is 5.02 Å². The van der Waals surface area contributed by atoms with Gasteiger partial charge in [0.05, 0.1) is 17.3 Å². The van der Waals surface area contributed by atoms with E-state index in [1.165, 1.54) is 6.07 Å². The molecule has 1 aromatic heterocycles. The van der Waals surface area contributed by atoms with Gasteiger partial charge in [0.2, 0.25) is 0 Å². The Morgan fingerprint density at radius 2 is 1.93 bits per heavy atom. The highest BCUT2D eigenvalue weighted by Crippen LogP contribution is 2.34. The number of rotatable bonds is 6. The Morgan fingerprint density at radius 3 is 2.63 bits per heavy atom. The molecule has 0 aliphatic rings. The zero-order chi connectivity index (χ0) is 19.4. The van der Waals surface area contributed by atoms with Crippen LogP contribution in [-0.4, -0.2) is 32.6 Å². The lowest BCUT2D eigenvalue weighted by molar-refractivity contribution is -0.142. The molecule has 0 bridgehead atoms. The van der Waals surface area contributed by atoms with Crippen LogP contribution in [0.25, 0.3) is 17.1 Å². The van der Waals surface area contributed by atoms with Gasteiger partial charge in [-0.2, -0.15) is 0 Å². The van der Waals surface area contributed by atoms with Crippen LogP contribution in [0.15, 0.2) is 53.7 Å². The van der Waals surface area contributed by atoms with Gasteiger partial charge in [-0.05, 0) is 38.1 Å². The predicted molar refractivity (Wildman–Crippen MR) is 104 cm³/mol. The molecule has 0 saturated heterocycles. The molecule has 3 rings (SSSR count). The minimum Gasteiger partial charge on any atom is -0.465 e. The van der Waals surface area contributed by atoms with E-state index in [4.69, 9.17) is 16.3 Å². The quantitative estimate of drug-likeness (QED) is 0.436. The van der Waals surface area contributed by atoms with Gasteiger partial charge in [0, 0.05) is 5.56 Å². The maximum absolute atomic E-state index is 14.5. The van der Waals surface area contributed by atoms with Crippen LogP contribution >= 0.6 is 23.4 Å². The number of hydrogen-bond acceptors (Lipinski definition) is 5. The van der Waals surface area contributed by atoms with E-state index in [1.807, 2.05) is 6.07 Å². The first-order valence-electron chi connectivity index (χ1n) is 8.31. The fourth-order valence-electron chi connectivity index (χ4n) is 2.48. The average molecular weight is 406 g/mol. The Hall–Kier alpha value is -2.38. The van der Waals surface area contributed by atoms with E-state index in [1.54, 1.807) is 54.8 Å². The van der Waals surface area contributed by atoms with Gasteiger partial charge in [-0.3, -0.25) is 9.36 Å². The second kappa shape index (κ2) is 8.54. The monoisotopic (exact) mass is 405 g/mol. The van der Waals surface area contributed by atoms with Crippen molar-refractivity contribution in [2.45, 2.75) is 24.3 Å². The van der Waals surface area contributed by atoms with Crippen molar-refractivity contribution in [1.82, 2.24) is 14.8 Å². The van der Waals surface area contributed by atoms with Crippen molar-refractivity contribution >= 4 is 29.3 Å². The lowest BCUT2D eigenvalue weighted by Crippen LogP contribution is -2.17. The molecule has 0 radical (unpaired) electrons. The number of hydrogen-bond donors (Lipinski definition) is 0. The first-order valence-corrected chi connectivity index (χ1v) is 9.57. The molecule has 0 amide bonds. The molecule has 0 unspecified atom stereocenters. The van der Waals surface area contributed by atoms with Crippen LogP contribution in [-0.2, 0) is 9.53 Å². The zero-order valence-electron chi connectivity index (χ0n) is 14.7. The lowest BCUT2D eigenvalue weighted by atomic mass is 10.2. The van der Waals surface area contributed by atoms with Crippen molar-refractivity contribution in [1.29, 1.82) is 0 Å². The van der Waals surface area contributed by atoms with Crippen molar-refractivity contribution in [2.24, 2.45) is 0 Å². The minimum absolute atomic E-state index is 0.274.